The SMILES string of the molecule is C#C.Clc1ncc(Cl)c(-c2conc2CC2CC2)n1.NC1CCC(O)CC1.OC1CCC(Cc2ncc(Cl)c(-c3conc3CC3CC3)n2)CC1. The molecule has 0 bridgehead atoms. The highest BCUT2D eigenvalue weighted by Crippen LogP contribution is 2.38. The lowest BCUT2D eigenvalue weighted by atomic mass is 9.85. The number of nitrogens with zero attached hydrogens (tertiary/aromatic N) is 6. The van der Waals surface area contributed by atoms with Crippen molar-refractivity contribution in [1.29, 1.82) is 0 Å². The van der Waals surface area contributed by atoms with E-state index in [1.165, 1.54) is 31.9 Å². The van der Waals surface area contributed by atoms with Crippen molar-refractivity contribution < 1.29 is 19.3 Å². The van der Waals surface area contributed by atoms with Crippen LogP contribution in [0, 0.1) is 30.6 Å². The van der Waals surface area contributed by atoms with Crippen LogP contribution in [0.5, 0.6) is 0 Å². The van der Waals surface area contributed by atoms with Crippen LogP contribution < -0.4 is 5.73 Å². The van der Waals surface area contributed by atoms with Gasteiger partial charge in [0.05, 0.1) is 62.4 Å². The second-order valence-corrected chi connectivity index (χ2v) is 15.1. The molecule has 4 aliphatic rings. The molecule has 4 saturated carbocycles. The Morgan fingerprint density at radius 1 is 0.627 bits per heavy atom. The predicted molar refractivity (Wildman–Crippen MR) is 197 cm³/mol. The number of rotatable bonds is 8. The second-order valence-electron chi connectivity index (χ2n) is 13.9. The van der Waals surface area contributed by atoms with Crippen LogP contribution in [0.15, 0.2) is 34.0 Å². The summed E-state index contributed by atoms with van der Waals surface area (Å²) in [6.45, 7) is 0. The molecule has 0 spiro atoms. The van der Waals surface area contributed by atoms with E-state index >= 15 is 0 Å². The molecule has 0 aliphatic heterocycles. The highest BCUT2D eigenvalue weighted by molar-refractivity contribution is 6.33. The fraction of sp³-hybridized carbons (Fsp3) is 0.568. The van der Waals surface area contributed by atoms with E-state index in [4.69, 9.17) is 59.7 Å². The zero-order valence-corrected chi connectivity index (χ0v) is 30.9. The average Bonchev–Trinajstić information content (AvgIpc) is 4.04. The molecule has 274 valence electrons. The Morgan fingerprint density at radius 2 is 1.06 bits per heavy atom. The monoisotopic (exact) mass is 757 g/mol. The van der Waals surface area contributed by atoms with E-state index in [0.29, 0.717) is 27.7 Å². The van der Waals surface area contributed by atoms with Crippen molar-refractivity contribution in [1.82, 2.24) is 30.2 Å². The Kier molecular flexibility index (Phi) is 14.7. The van der Waals surface area contributed by atoms with Crippen LogP contribution in [0.1, 0.15) is 94.3 Å². The highest BCUT2D eigenvalue weighted by atomic mass is 35.5. The number of hydrogen-bond acceptors (Lipinski definition) is 11. The fourth-order valence-electron chi connectivity index (χ4n) is 6.32. The van der Waals surface area contributed by atoms with Gasteiger partial charge in [-0.05, 0) is 119 Å². The van der Waals surface area contributed by atoms with E-state index in [0.717, 1.165) is 116 Å². The van der Waals surface area contributed by atoms with Crippen molar-refractivity contribution in [2.24, 2.45) is 23.5 Å². The summed E-state index contributed by atoms with van der Waals surface area (Å²) in [6, 6.07) is 0.360. The smallest absolute Gasteiger partial charge is 0.222 e. The van der Waals surface area contributed by atoms with Crippen LogP contribution in [-0.4, -0.2) is 58.7 Å². The molecular formula is C37H46Cl3N7O4. The second kappa shape index (κ2) is 19.1. The first-order valence-corrected chi connectivity index (χ1v) is 18.9. The van der Waals surface area contributed by atoms with E-state index < -0.39 is 0 Å². The van der Waals surface area contributed by atoms with Gasteiger partial charge in [-0.15, -0.1) is 12.8 Å². The Labute approximate surface area is 314 Å². The molecule has 0 saturated heterocycles. The molecule has 4 heterocycles. The Bertz CT molecular complexity index is 1680. The van der Waals surface area contributed by atoms with Gasteiger partial charge in [0.15, 0.2) is 0 Å². The van der Waals surface area contributed by atoms with Crippen molar-refractivity contribution in [2.75, 3.05) is 0 Å². The normalized spacial score (nSPS) is 22.7. The van der Waals surface area contributed by atoms with Gasteiger partial charge >= 0.3 is 0 Å². The van der Waals surface area contributed by atoms with Crippen LogP contribution in [0.4, 0.5) is 0 Å². The third-order valence-electron chi connectivity index (χ3n) is 9.69. The molecule has 4 aliphatic carbocycles. The van der Waals surface area contributed by atoms with E-state index in [2.05, 4.69) is 38.1 Å². The summed E-state index contributed by atoms with van der Waals surface area (Å²) in [5, 5.41) is 27.9. The Balaban J connectivity index is 0.000000162. The van der Waals surface area contributed by atoms with Crippen molar-refractivity contribution >= 4 is 34.8 Å². The van der Waals surface area contributed by atoms with Crippen LogP contribution in [0.3, 0.4) is 0 Å². The Hall–Kier alpha value is -3.11. The number of aliphatic hydroxyl groups is 2. The van der Waals surface area contributed by atoms with Gasteiger partial charge < -0.3 is 25.0 Å². The summed E-state index contributed by atoms with van der Waals surface area (Å²) in [5.41, 5.74) is 10.5. The number of nitrogens with two attached hydrogens (primary N) is 1. The molecule has 0 amide bonds. The van der Waals surface area contributed by atoms with Gasteiger partial charge in [0.1, 0.15) is 18.4 Å². The molecule has 0 radical (unpaired) electrons. The van der Waals surface area contributed by atoms with Crippen molar-refractivity contribution in [3.63, 3.8) is 0 Å². The van der Waals surface area contributed by atoms with Gasteiger partial charge in [-0.3, -0.25) is 0 Å². The van der Waals surface area contributed by atoms with E-state index in [1.54, 1.807) is 18.7 Å². The number of halogens is 3. The van der Waals surface area contributed by atoms with Gasteiger partial charge in [-0.1, -0.05) is 33.5 Å². The summed E-state index contributed by atoms with van der Waals surface area (Å²) in [4.78, 5) is 17.1. The molecule has 4 N–H and O–H groups in total. The van der Waals surface area contributed by atoms with Crippen LogP contribution >= 0.6 is 34.8 Å². The molecule has 0 aromatic carbocycles. The summed E-state index contributed by atoms with van der Waals surface area (Å²) in [6.07, 6.45) is 29.5. The molecule has 11 nitrogen and oxygen atoms in total. The maximum Gasteiger partial charge on any atom is 0.222 e. The molecule has 0 atom stereocenters. The molecule has 4 fully saturated rings. The van der Waals surface area contributed by atoms with Crippen LogP contribution in [0.2, 0.25) is 15.3 Å². The zero-order valence-electron chi connectivity index (χ0n) is 28.6. The topological polar surface area (TPSA) is 170 Å². The Morgan fingerprint density at radius 3 is 1.55 bits per heavy atom. The highest BCUT2D eigenvalue weighted by Gasteiger charge is 2.28. The van der Waals surface area contributed by atoms with Gasteiger partial charge in [0.25, 0.3) is 0 Å². The van der Waals surface area contributed by atoms with Crippen molar-refractivity contribution in [2.45, 2.75) is 115 Å². The van der Waals surface area contributed by atoms with Crippen LogP contribution in [0.25, 0.3) is 22.5 Å². The maximum atomic E-state index is 9.64. The summed E-state index contributed by atoms with van der Waals surface area (Å²) < 4.78 is 10.2. The minimum Gasteiger partial charge on any atom is -0.393 e. The number of hydrogen-bond donors (Lipinski definition) is 3. The number of terminal acetylenes is 1. The molecule has 0 unspecified atom stereocenters. The molecular weight excluding hydrogens is 713 g/mol. The lowest BCUT2D eigenvalue weighted by Crippen LogP contribution is -2.28. The molecule has 8 rings (SSSR count). The molecule has 14 heteroatoms. The quantitative estimate of drug-likeness (QED) is 0.119. The van der Waals surface area contributed by atoms with Crippen molar-refractivity contribution in [3.05, 3.63) is 57.5 Å². The minimum atomic E-state index is -0.134. The summed E-state index contributed by atoms with van der Waals surface area (Å²) in [5.74, 6) is 2.79. The first-order chi connectivity index (χ1) is 24.7. The third-order valence-corrected chi connectivity index (χ3v) is 10.4. The van der Waals surface area contributed by atoms with Gasteiger partial charge in [-0.25, -0.2) is 19.9 Å². The summed E-state index contributed by atoms with van der Waals surface area (Å²) in [7, 11) is 0. The fourth-order valence-corrected chi connectivity index (χ4v) is 6.84. The maximum absolute atomic E-state index is 9.64. The van der Waals surface area contributed by atoms with Crippen LogP contribution in [-0.2, 0) is 19.3 Å². The first-order valence-electron chi connectivity index (χ1n) is 17.7. The number of aliphatic hydroxyl groups excluding tert-OH is 2. The predicted octanol–water partition coefficient (Wildman–Crippen LogP) is 7.72. The van der Waals surface area contributed by atoms with E-state index in [1.807, 2.05) is 0 Å². The standard InChI is InChI=1S/C18H22ClN3O2.C11H9Cl2N3O.C6H13NO.C2H2/c19-15-9-20-17(8-12-3-5-13(23)6-4-12)21-18(15)14-10-24-22-16(14)7-11-1-2-11;12-8-4-14-11(13)15-10(8)7-5-17-16-9(7)3-6-1-2-6;7-5-1-3-6(8)4-2-5;1-2/h9-13,23H,1-8H2;4-6H,1-3H2;5-6,8H,1-4,7H2;1-2H. The molecule has 51 heavy (non-hydrogen) atoms. The van der Waals surface area contributed by atoms with E-state index in [9.17, 15) is 5.11 Å². The van der Waals surface area contributed by atoms with Gasteiger partial charge in [0.2, 0.25) is 5.28 Å². The minimum absolute atomic E-state index is 0.0604. The zero-order chi connectivity index (χ0) is 36.3. The van der Waals surface area contributed by atoms with E-state index in [-0.39, 0.29) is 17.5 Å². The number of aromatic nitrogens is 6. The third kappa shape index (κ3) is 12.0. The lowest BCUT2D eigenvalue weighted by molar-refractivity contribution is 0.108. The largest absolute Gasteiger partial charge is 0.393 e. The average molecular weight is 759 g/mol. The molecule has 4 aromatic heterocycles. The first kappa shape index (κ1) is 39.1. The van der Waals surface area contributed by atoms with Gasteiger partial charge in [0, 0.05) is 18.7 Å². The summed E-state index contributed by atoms with van der Waals surface area (Å²) >= 11 is 18.2. The lowest BCUT2D eigenvalue weighted by Gasteiger charge is -2.24. The van der Waals surface area contributed by atoms with Crippen molar-refractivity contribution in [3.8, 4) is 35.4 Å². The van der Waals surface area contributed by atoms with Gasteiger partial charge in [-0.2, -0.15) is 0 Å². The molecule has 4 aromatic rings.